The number of rotatable bonds is 4. The highest BCUT2D eigenvalue weighted by Crippen LogP contribution is 2.30. The maximum Gasteiger partial charge on any atom is 0.262 e. The molecule has 0 saturated heterocycles. The van der Waals surface area contributed by atoms with Crippen molar-refractivity contribution < 1.29 is 9.47 Å². The summed E-state index contributed by atoms with van der Waals surface area (Å²) in [5.41, 5.74) is 6.41. The number of aromatic nitrogens is 1. The highest BCUT2D eigenvalue weighted by atomic mass is 35.5. The fraction of sp³-hybridized carbons (Fsp3) is 0.154. The smallest absolute Gasteiger partial charge is 0.262 e. The Hall–Kier alpha value is -1.78. The second kappa shape index (κ2) is 5.71. The molecule has 0 atom stereocenters. The van der Waals surface area contributed by atoms with Crippen molar-refractivity contribution in [1.82, 2.24) is 4.98 Å². The summed E-state index contributed by atoms with van der Waals surface area (Å²) in [5.74, 6) is 1.56. The summed E-state index contributed by atoms with van der Waals surface area (Å²) in [5, 5.41) is 0.574. The molecule has 0 aliphatic heterocycles. The van der Waals surface area contributed by atoms with Gasteiger partial charge in [0.2, 0.25) is 0 Å². The third kappa shape index (κ3) is 2.72. The average Bonchev–Trinajstić information content (AvgIpc) is 2.39. The average molecular weight is 265 g/mol. The lowest BCUT2D eigenvalue weighted by Crippen LogP contribution is -1.97. The molecule has 2 rings (SSSR count). The Labute approximate surface area is 110 Å². The predicted octanol–water partition coefficient (Wildman–Crippen LogP) is 2.99. The minimum atomic E-state index is 0.395. The molecule has 1 aromatic carbocycles. The highest BCUT2D eigenvalue weighted by Gasteiger charge is 2.07. The quantitative estimate of drug-likeness (QED) is 0.922. The van der Waals surface area contributed by atoms with Gasteiger partial charge in [-0.05, 0) is 29.8 Å². The Morgan fingerprint density at radius 1 is 1.33 bits per heavy atom. The Bertz CT molecular complexity index is 546. The molecule has 94 valence electrons. The van der Waals surface area contributed by atoms with Gasteiger partial charge in [-0.1, -0.05) is 17.7 Å². The number of hydrogen-bond acceptors (Lipinski definition) is 4. The van der Waals surface area contributed by atoms with E-state index in [2.05, 4.69) is 4.98 Å². The molecule has 18 heavy (non-hydrogen) atoms. The van der Waals surface area contributed by atoms with E-state index in [0.29, 0.717) is 28.9 Å². The summed E-state index contributed by atoms with van der Waals surface area (Å²) in [7, 11) is 1.56. The first-order valence-corrected chi connectivity index (χ1v) is 5.77. The van der Waals surface area contributed by atoms with Crippen LogP contribution in [0.1, 0.15) is 5.56 Å². The summed E-state index contributed by atoms with van der Waals surface area (Å²) in [6.07, 6.45) is 1.63. The standard InChI is InChI=1S/C13H13ClN2O2/c1-17-12-3-2-6-16-13(12)18-10-5-4-9(8-15)11(14)7-10/h2-7H,8,15H2,1H3. The van der Waals surface area contributed by atoms with Crippen LogP contribution in [-0.2, 0) is 6.54 Å². The lowest BCUT2D eigenvalue weighted by molar-refractivity contribution is 0.369. The van der Waals surface area contributed by atoms with Gasteiger partial charge in [0.15, 0.2) is 5.75 Å². The summed E-state index contributed by atoms with van der Waals surface area (Å²) in [4.78, 5) is 4.10. The van der Waals surface area contributed by atoms with Crippen LogP contribution in [0.25, 0.3) is 0 Å². The van der Waals surface area contributed by atoms with Crippen molar-refractivity contribution in [1.29, 1.82) is 0 Å². The molecule has 0 aliphatic carbocycles. The minimum Gasteiger partial charge on any atom is -0.491 e. The summed E-state index contributed by atoms with van der Waals surface area (Å²) < 4.78 is 10.8. The highest BCUT2D eigenvalue weighted by molar-refractivity contribution is 6.31. The zero-order valence-corrected chi connectivity index (χ0v) is 10.6. The second-order valence-electron chi connectivity index (χ2n) is 3.57. The Morgan fingerprint density at radius 2 is 2.17 bits per heavy atom. The van der Waals surface area contributed by atoms with Gasteiger partial charge >= 0.3 is 0 Å². The molecule has 0 saturated carbocycles. The number of methoxy groups -OCH3 is 1. The third-order valence-corrected chi connectivity index (χ3v) is 2.77. The van der Waals surface area contributed by atoms with Crippen LogP contribution in [0.3, 0.4) is 0 Å². The lowest BCUT2D eigenvalue weighted by atomic mass is 10.2. The maximum absolute atomic E-state index is 6.06. The lowest BCUT2D eigenvalue weighted by Gasteiger charge is -2.09. The Balaban J connectivity index is 2.26. The van der Waals surface area contributed by atoms with E-state index in [0.717, 1.165) is 5.56 Å². The number of ether oxygens (including phenoxy) is 2. The van der Waals surface area contributed by atoms with Crippen LogP contribution in [0, 0.1) is 0 Å². The largest absolute Gasteiger partial charge is 0.491 e. The van der Waals surface area contributed by atoms with E-state index >= 15 is 0 Å². The fourth-order valence-corrected chi connectivity index (χ4v) is 1.72. The van der Waals surface area contributed by atoms with Crippen LogP contribution in [0.15, 0.2) is 36.5 Å². The van der Waals surface area contributed by atoms with Gasteiger partial charge in [-0.3, -0.25) is 0 Å². The van der Waals surface area contributed by atoms with Crippen LogP contribution in [0.2, 0.25) is 5.02 Å². The van der Waals surface area contributed by atoms with Crippen LogP contribution in [0.4, 0.5) is 0 Å². The molecule has 0 aliphatic rings. The molecular weight excluding hydrogens is 252 g/mol. The maximum atomic E-state index is 6.06. The van der Waals surface area contributed by atoms with Gasteiger partial charge < -0.3 is 15.2 Å². The van der Waals surface area contributed by atoms with Crippen molar-refractivity contribution in [2.75, 3.05) is 7.11 Å². The van der Waals surface area contributed by atoms with Crippen molar-refractivity contribution >= 4 is 11.6 Å². The van der Waals surface area contributed by atoms with Gasteiger partial charge in [0.25, 0.3) is 5.88 Å². The van der Waals surface area contributed by atoms with Gasteiger partial charge in [0.1, 0.15) is 5.75 Å². The second-order valence-corrected chi connectivity index (χ2v) is 3.98. The molecule has 2 N–H and O–H groups in total. The molecule has 1 aromatic heterocycles. The van der Waals surface area contributed by atoms with Crippen LogP contribution >= 0.6 is 11.6 Å². The van der Waals surface area contributed by atoms with Crippen molar-refractivity contribution in [2.24, 2.45) is 5.73 Å². The number of pyridine rings is 1. The molecule has 0 radical (unpaired) electrons. The van der Waals surface area contributed by atoms with E-state index in [1.807, 2.05) is 6.07 Å². The van der Waals surface area contributed by atoms with Crippen molar-refractivity contribution in [2.45, 2.75) is 6.54 Å². The summed E-state index contributed by atoms with van der Waals surface area (Å²) in [6.45, 7) is 0.395. The molecule has 2 aromatic rings. The number of hydrogen-bond donors (Lipinski definition) is 1. The SMILES string of the molecule is COc1cccnc1Oc1ccc(CN)c(Cl)c1. The van der Waals surface area contributed by atoms with Gasteiger partial charge in [0.05, 0.1) is 7.11 Å². The first kappa shape index (κ1) is 12.7. The molecule has 0 amide bonds. The van der Waals surface area contributed by atoms with Gasteiger partial charge in [0, 0.05) is 17.8 Å². The monoisotopic (exact) mass is 264 g/mol. The van der Waals surface area contributed by atoms with Crippen LogP contribution < -0.4 is 15.2 Å². The molecule has 4 nitrogen and oxygen atoms in total. The predicted molar refractivity (Wildman–Crippen MR) is 70.2 cm³/mol. The number of benzene rings is 1. The number of nitrogens with two attached hydrogens (primary N) is 1. The normalized spacial score (nSPS) is 10.2. The van der Waals surface area contributed by atoms with Gasteiger partial charge in [-0.25, -0.2) is 4.98 Å². The molecule has 1 heterocycles. The minimum absolute atomic E-state index is 0.395. The first-order chi connectivity index (χ1) is 8.74. The summed E-state index contributed by atoms with van der Waals surface area (Å²) >= 11 is 6.06. The molecular formula is C13H13ClN2O2. The Morgan fingerprint density at radius 3 is 2.83 bits per heavy atom. The molecule has 0 bridgehead atoms. The third-order valence-electron chi connectivity index (χ3n) is 2.42. The zero-order chi connectivity index (χ0) is 13.0. The molecule has 5 heteroatoms. The zero-order valence-electron chi connectivity index (χ0n) is 9.89. The number of halogens is 1. The van der Waals surface area contributed by atoms with Crippen LogP contribution in [0.5, 0.6) is 17.4 Å². The topological polar surface area (TPSA) is 57.4 Å². The van der Waals surface area contributed by atoms with Crippen molar-refractivity contribution in [3.05, 3.63) is 47.1 Å². The van der Waals surface area contributed by atoms with Crippen molar-refractivity contribution in [3.63, 3.8) is 0 Å². The molecule has 0 spiro atoms. The first-order valence-electron chi connectivity index (χ1n) is 5.40. The summed E-state index contributed by atoms with van der Waals surface area (Å²) in [6, 6.07) is 8.88. The van der Waals surface area contributed by atoms with Gasteiger partial charge in [-0.15, -0.1) is 0 Å². The fourth-order valence-electron chi connectivity index (χ4n) is 1.48. The van der Waals surface area contributed by atoms with E-state index in [4.69, 9.17) is 26.8 Å². The van der Waals surface area contributed by atoms with E-state index in [1.165, 1.54) is 0 Å². The van der Waals surface area contributed by atoms with E-state index in [9.17, 15) is 0 Å². The van der Waals surface area contributed by atoms with Crippen LogP contribution in [-0.4, -0.2) is 12.1 Å². The van der Waals surface area contributed by atoms with E-state index in [1.54, 1.807) is 37.6 Å². The van der Waals surface area contributed by atoms with Crippen molar-refractivity contribution in [3.8, 4) is 17.4 Å². The van der Waals surface area contributed by atoms with E-state index in [-0.39, 0.29) is 0 Å². The molecule has 0 fully saturated rings. The Kier molecular flexibility index (Phi) is 4.02. The number of nitrogens with zero attached hydrogens (tertiary/aromatic N) is 1. The molecule has 0 unspecified atom stereocenters. The van der Waals surface area contributed by atoms with E-state index < -0.39 is 0 Å². The van der Waals surface area contributed by atoms with Gasteiger partial charge in [-0.2, -0.15) is 0 Å².